The van der Waals surface area contributed by atoms with Crippen LogP contribution in [0.1, 0.15) is 5.56 Å². The Bertz CT molecular complexity index is 357. The highest BCUT2D eigenvalue weighted by atomic mass is 16.5. The van der Waals surface area contributed by atoms with Crippen molar-refractivity contribution < 1.29 is 19.7 Å². The molecule has 0 fully saturated rings. The van der Waals surface area contributed by atoms with E-state index < -0.39 is 5.97 Å². The Hall–Kier alpha value is -1.81. The number of para-hydroxylation sites is 1. The summed E-state index contributed by atoms with van der Waals surface area (Å²) >= 11 is 0. The second-order valence-corrected chi connectivity index (χ2v) is 2.82. The molecule has 0 aliphatic carbocycles. The molecule has 0 heterocycles. The van der Waals surface area contributed by atoms with Crippen LogP contribution in [0.4, 0.5) is 0 Å². The molecule has 2 N–H and O–H groups in total. The fourth-order valence-electron chi connectivity index (χ4n) is 1.06. The van der Waals surface area contributed by atoms with E-state index in [1.807, 2.05) is 0 Å². The van der Waals surface area contributed by atoms with E-state index in [9.17, 15) is 4.79 Å². The van der Waals surface area contributed by atoms with Crippen molar-refractivity contribution in [3.8, 4) is 5.75 Å². The summed E-state index contributed by atoms with van der Waals surface area (Å²) in [4.78, 5) is 10.2. The molecule has 0 aliphatic heterocycles. The van der Waals surface area contributed by atoms with Gasteiger partial charge in [-0.1, -0.05) is 18.2 Å². The quantitative estimate of drug-likeness (QED) is 0.713. The molecule has 0 bridgehead atoms. The van der Waals surface area contributed by atoms with Gasteiger partial charge in [-0.2, -0.15) is 0 Å². The molecule has 0 atom stereocenters. The highest BCUT2D eigenvalue weighted by Crippen LogP contribution is 2.17. The summed E-state index contributed by atoms with van der Waals surface area (Å²) in [7, 11) is 0. The van der Waals surface area contributed by atoms with E-state index in [0.29, 0.717) is 11.3 Å². The number of aliphatic hydroxyl groups is 1. The van der Waals surface area contributed by atoms with Crippen molar-refractivity contribution in [2.24, 2.45) is 0 Å². The van der Waals surface area contributed by atoms with Crippen LogP contribution in [0.15, 0.2) is 36.4 Å². The molecule has 15 heavy (non-hydrogen) atoms. The third-order valence-corrected chi connectivity index (χ3v) is 1.74. The molecule has 0 amide bonds. The summed E-state index contributed by atoms with van der Waals surface area (Å²) in [6, 6.07) is 7.05. The van der Waals surface area contributed by atoms with Gasteiger partial charge >= 0.3 is 5.97 Å². The number of aliphatic hydroxyl groups excluding tert-OH is 1. The fraction of sp³-hybridized carbons (Fsp3) is 0.182. The largest absolute Gasteiger partial charge is 0.489 e. The van der Waals surface area contributed by atoms with E-state index in [4.69, 9.17) is 14.9 Å². The van der Waals surface area contributed by atoms with Gasteiger partial charge in [-0.25, -0.2) is 4.79 Å². The van der Waals surface area contributed by atoms with Crippen LogP contribution in [-0.4, -0.2) is 22.8 Å². The predicted octanol–water partition coefficient (Wildman–Crippen LogP) is 1.20. The highest BCUT2D eigenvalue weighted by Gasteiger charge is 1.99. The normalized spacial score (nSPS) is 10.5. The third-order valence-electron chi connectivity index (χ3n) is 1.74. The second kappa shape index (κ2) is 5.82. The zero-order valence-corrected chi connectivity index (χ0v) is 8.09. The maximum Gasteiger partial charge on any atom is 0.328 e. The van der Waals surface area contributed by atoms with Gasteiger partial charge in [-0.15, -0.1) is 0 Å². The lowest BCUT2D eigenvalue weighted by Gasteiger charge is -2.06. The molecule has 0 radical (unpaired) electrons. The van der Waals surface area contributed by atoms with Gasteiger partial charge in [0, 0.05) is 11.6 Å². The van der Waals surface area contributed by atoms with E-state index in [2.05, 4.69) is 0 Å². The fourth-order valence-corrected chi connectivity index (χ4v) is 1.06. The van der Waals surface area contributed by atoms with E-state index in [1.54, 1.807) is 24.3 Å². The molecular weight excluding hydrogens is 196 g/mol. The van der Waals surface area contributed by atoms with E-state index in [-0.39, 0.29) is 13.2 Å². The molecule has 4 heteroatoms. The van der Waals surface area contributed by atoms with Crippen molar-refractivity contribution in [3.63, 3.8) is 0 Å². The van der Waals surface area contributed by atoms with Gasteiger partial charge in [0.25, 0.3) is 0 Å². The summed E-state index contributed by atoms with van der Waals surface area (Å²) in [5, 5.41) is 17.3. The maximum atomic E-state index is 10.2. The minimum absolute atomic E-state index is 0.0984. The average molecular weight is 208 g/mol. The van der Waals surface area contributed by atoms with Crippen LogP contribution >= 0.6 is 0 Å². The Morgan fingerprint density at radius 3 is 2.80 bits per heavy atom. The van der Waals surface area contributed by atoms with Gasteiger partial charge in [-0.05, 0) is 12.1 Å². The topological polar surface area (TPSA) is 66.8 Å². The smallest absolute Gasteiger partial charge is 0.328 e. The lowest BCUT2D eigenvalue weighted by Crippen LogP contribution is -1.98. The van der Waals surface area contributed by atoms with Crippen LogP contribution in [0, 0.1) is 0 Å². The SMILES string of the molecule is O=C(O)C=CCOc1ccccc1CO. The highest BCUT2D eigenvalue weighted by molar-refractivity contribution is 5.79. The molecule has 0 unspecified atom stereocenters. The molecule has 0 saturated carbocycles. The average Bonchev–Trinajstić information content (AvgIpc) is 2.24. The second-order valence-electron chi connectivity index (χ2n) is 2.82. The van der Waals surface area contributed by atoms with Crippen LogP contribution < -0.4 is 4.74 Å². The molecule has 80 valence electrons. The first-order valence-corrected chi connectivity index (χ1v) is 4.45. The Kier molecular flexibility index (Phi) is 4.37. The number of hydrogen-bond acceptors (Lipinski definition) is 3. The van der Waals surface area contributed by atoms with E-state index in [0.717, 1.165) is 6.08 Å². The summed E-state index contributed by atoms with van der Waals surface area (Å²) in [5.74, 6) is -0.441. The van der Waals surface area contributed by atoms with E-state index in [1.165, 1.54) is 6.08 Å². The molecule has 1 aromatic rings. The van der Waals surface area contributed by atoms with Crippen LogP contribution in [-0.2, 0) is 11.4 Å². The van der Waals surface area contributed by atoms with Crippen molar-refractivity contribution in [1.82, 2.24) is 0 Å². The van der Waals surface area contributed by atoms with Gasteiger partial charge < -0.3 is 14.9 Å². The number of ether oxygens (including phenoxy) is 1. The van der Waals surface area contributed by atoms with E-state index >= 15 is 0 Å². The standard InChI is InChI=1S/C11H12O4/c12-8-9-4-1-2-5-10(9)15-7-3-6-11(13)14/h1-6,12H,7-8H2,(H,13,14). The minimum atomic E-state index is -1.01. The summed E-state index contributed by atoms with van der Waals surface area (Å²) in [5.41, 5.74) is 0.682. The number of hydrogen-bond donors (Lipinski definition) is 2. The summed E-state index contributed by atoms with van der Waals surface area (Å²) in [6.45, 7) is 0.0716. The summed E-state index contributed by atoms with van der Waals surface area (Å²) in [6.07, 6.45) is 2.41. The van der Waals surface area contributed by atoms with Gasteiger partial charge in [0.2, 0.25) is 0 Å². The van der Waals surface area contributed by atoms with Gasteiger partial charge in [-0.3, -0.25) is 0 Å². The molecule has 0 aliphatic rings. The molecule has 1 aromatic carbocycles. The number of aliphatic carboxylic acids is 1. The van der Waals surface area contributed by atoms with Gasteiger partial charge in [0.1, 0.15) is 12.4 Å². The molecule has 0 saturated heterocycles. The Morgan fingerprint density at radius 2 is 2.13 bits per heavy atom. The molecule has 4 nitrogen and oxygen atoms in total. The Balaban J connectivity index is 2.53. The first kappa shape index (κ1) is 11.3. The van der Waals surface area contributed by atoms with Crippen molar-refractivity contribution >= 4 is 5.97 Å². The van der Waals surface area contributed by atoms with Crippen LogP contribution in [0.5, 0.6) is 5.75 Å². The maximum absolute atomic E-state index is 10.2. The lowest BCUT2D eigenvalue weighted by molar-refractivity contribution is -0.131. The van der Waals surface area contributed by atoms with Crippen molar-refractivity contribution in [2.45, 2.75) is 6.61 Å². The first-order valence-electron chi connectivity index (χ1n) is 4.45. The van der Waals surface area contributed by atoms with Crippen molar-refractivity contribution in [3.05, 3.63) is 42.0 Å². The van der Waals surface area contributed by atoms with Gasteiger partial charge in [0.15, 0.2) is 0 Å². The van der Waals surface area contributed by atoms with Crippen molar-refractivity contribution in [1.29, 1.82) is 0 Å². The number of carbonyl (C=O) groups is 1. The zero-order valence-electron chi connectivity index (χ0n) is 8.09. The van der Waals surface area contributed by atoms with Gasteiger partial charge in [0.05, 0.1) is 6.61 Å². The Morgan fingerprint density at radius 1 is 1.40 bits per heavy atom. The third kappa shape index (κ3) is 3.83. The molecule has 0 aromatic heterocycles. The number of carboxylic acid groups (broad SMARTS) is 1. The monoisotopic (exact) mass is 208 g/mol. The molecule has 1 rings (SSSR count). The first-order chi connectivity index (χ1) is 7.24. The molecule has 0 spiro atoms. The lowest BCUT2D eigenvalue weighted by atomic mass is 10.2. The van der Waals surface area contributed by atoms with Crippen molar-refractivity contribution in [2.75, 3.05) is 6.61 Å². The number of carboxylic acids is 1. The number of rotatable bonds is 5. The number of benzene rings is 1. The molecular formula is C11H12O4. The van der Waals surface area contributed by atoms with Crippen LogP contribution in [0.25, 0.3) is 0 Å². The zero-order chi connectivity index (χ0) is 11.1. The van der Waals surface area contributed by atoms with Crippen LogP contribution in [0.3, 0.4) is 0 Å². The Labute approximate surface area is 87.4 Å². The van der Waals surface area contributed by atoms with Crippen LogP contribution in [0.2, 0.25) is 0 Å². The predicted molar refractivity (Wildman–Crippen MR) is 54.6 cm³/mol. The minimum Gasteiger partial charge on any atom is -0.489 e. The summed E-state index contributed by atoms with van der Waals surface area (Å²) < 4.78 is 5.27.